The Morgan fingerprint density at radius 1 is 1.24 bits per heavy atom. The molecule has 0 atom stereocenters. The first-order valence-electron chi connectivity index (χ1n) is 6.06. The van der Waals surface area contributed by atoms with Crippen LogP contribution in [0.15, 0.2) is 30.5 Å². The van der Waals surface area contributed by atoms with Crippen molar-refractivity contribution in [1.82, 2.24) is 9.78 Å². The molecule has 90 valence electrons. The summed E-state index contributed by atoms with van der Waals surface area (Å²) in [6.45, 7) is 5.05. The van der Waals surface area contributed by atoms with Crippen molar-refractivity contribution < 1.29 is 0 Å². The highest BCUT2D eigenvalue weighted by molar-refractivity contribution is 5.41. The Balaban J connectivity index is 2.20. The number of aromatic nitrogens is 2. The van der Waals surface area contributed by atoms with Crippen LogP contribution in [0.2, 0.25) is 0 Å². The lowest BCUT2D eigenvalue weighted by Gasteiger charge is -2.08. The molecule has 0 aliphatic heterocycles. The summed E-state index contributed by atoms with van der Waals surface area (Å²) in [5.74, 6) is 0. The van der Waals surface area contributed by atoms with Crippen LogP contribution >= 0.6 is 0 Å². The molecule has 17 heavy (non-hydrogen) atoms. The van der Waals surface area contributed by atoms with Gasteiger partial charge in [-0.2, -0.15) is 5.10 Å². The average Bonchev–Trinajstić information content (AvgIpc) is 2.65. The Morgan fingerprint density at radius 3 is 2.59 bits per heavy atom. The number of rotatable bonds is 4. The highest BCUT2D eigenvalue weighted by Crippen LogP contribution is 2.15. The maximum Gasteiger partial charge on any atom is 0.0733 e. The van der Waals surface area contributed by atoms with Crippen molar-refractivity contribution in [2.75, 3.05) is 5.73 Å². The molecule has 1 aromatic carbocycles. The van der Waals surface area contributed by atoms with Gasteiger partial charge in [0.05, 0.1) is 24.1 Å². The number of hydrogen-bond acceptors (Lipinski definition) is 2. The third-order valence-electron chi connectivity index (χ3n) is 2.92. The fraction of sp³-hybridized carbons (Fsp3) is 0.357. The molecular formula is C14H19N3. The van der Waals surface area contributed by atoms with Gasteiger partial charge in [0.25, 0.3) is 0 Å². The van der Waals surface area contributed by atoms with Crippen LogP contribution in [0.1, 0.15) is 30.2 Å². The SMILES string of the molecule is CCCc1c(N)cnn1Cc1ccc(C)cc1. The Morgan fingerprint density at radius 2 is 1.94 bits per heavy atom. The van der Waals surface area contributed by atoms with E-state index in [1.165, 1.54) is 11.1 Å². The summed E-state index contributed by atoms with van der Waals surface area (Å²) < 4.78 is 2.00. The zero-order valence-electron chi connectivity index (χ0n) is 10.5. The third kappa shape index (κ3) is 2.67. The first-order chi connectivity index (χ1) is 8.20. The van der Waals surface area contributed by atoms with Crippen molar-refractivity contribution in [2.24, 2.45) is 0 Å². The van der Waals surface area contributed by atoms with Crippen molar-refractivity contribution >= 4 is 5.69 Å². The normalized spacial score (nSPS) is 10.7. The number of nitrogen functional groups attached to an aromatic ring is 1. The summed E-state index contributed by atoms with van der Waals surface area (Å²) in [4.78, 5) is 0. The largest absolute Gasteiger partial charge is 0.396 e. The van der Waals surface area contributed by atoms with Gasteiger partial charge in [0.15, 0.2) is 0 Å². The maximum atomic E-state index is 5.92. The first kappa shape index (κ1) is 11.7. The number of anilines is 1. The summed E-state index contributed by atoms with van der Waals surface area (Å²) in [6.07, 6.45) is 3.82. The van der Waals surface area contributed by atoms with Gasteiger partial charge in [-0.15, -0.1) is 0 Å². The smallest absolute Gasteiger partial charge is 0.0733 e. The second-order valence-electron chi connectivity index (χ2n) is 4.44. The van der Waals surface area contributed by atoms with Crippen molar-refractivity contribution in [3.63, 3.8) is 0 Å². The zero-order chi connectivity index (χ0) is 12.3. The van der Waals surface area contributed by atoms with Crippen LogP contribution in [0.5, 0.6) is 0 Å². The van der Waals surface area contributed by atoms with Crippen LogP contribution in [-0.4, -0.2) is 9.78 Å². The first-order valence-corrected chi connectivity index (χ1v) is 6.06. The number of benzene rings is 1. The van der Waals surface area contributed by atoms with E-state index in [4.69, 9.17) is 5.73 Å². The van der Waals surface area contributed by atoms with E-state index in [1.54, 1.807) is 6.20 Å². The second-order valence-corrected chi connectivity index (χ2v) is 4.44. The summed E-state index contributed by atoms with van der Waals surface area (Å²) >= 11 is 0. The lowest BCUT2D eigenvalue weighted by atomic mass is 10.1. The molecule has 0 saturated carbocycles. The number of hydrogen-bond donors (Lipinski definition) is 1. The summed E-state index contributed by atoms with van der Waals surface area (Å²) in [7, 11) is 0. The van der Waals surface area contributed by atoms with Gasteiger partial charge in [0, 0.05) is 0 Å². The molecule has 0 spiro atoms. The van der Waals surface area contributed by atoms with Gasteiger partial charge in [0.2, 0.25) is 0 Å². The fourth-order valence-electron chi connectivity index (χ4n) is 1.94. The monoisotopic (exact) mass is 229 g/mol. The predicted octanol–water partition coefficient (Wildman–Crippen LogP) is 2.77. The van der Waals surface area contributed by atoms with Crippen molar-refractivity contribution in [3.8, 4) is 0 Å². The lowest BCUT2D eigenvalue weighted by molar-refractivity contribution is 0.638. The molecule has 0 aliphatic rings. The topological polar surface area (TPSA) is 43.8 Å². The van der Waals surface area contributed by atoms with Gasteiger partial charge < -0.3 is 5.73 Å². The van der Waals surface area contributed by atoms with E-state index in [-0.39, 0.29) is 0 Å². The van der Waals surface area contributed by atoms with Gasteiger partial charge in [0.1, 0.15) is 0 Å². The zero-order valence-corrected chi connectivity index (χ0v) is 10.5. The Kier molecular flexibility index (Phi) is 3.47. The minimum Gasteiger partial charge on any atom is -0.396 e. The maximum absolute atomic E-state index is 5.92. The summed E-state index contributed by atoms with van der Waals surface area (Å²) in [5.41, 5.74) is 10.4. The molecule has 2 aromatic rings. The Labute approximate surface area is 102 Å². The van der Waals surface area contributed by atoms with E-state index in [1.807, 2.05) is 4.68 Å². The van der Waals surface area contributed by atoms with Gasteiger partial charge in [-0.25, -0.2) is 0 Å². The molecule has 1 heterocycles. The Bertz CT molecular complexity index is 483. The molecule has 0 bridgehead atoms. The van der Waals surface area contributed by atoms with Gasteiger partial charge >= 0.3 is 0 Å². The molecule has 2 rings (SSSR count). The summed E-state index contributed by atoms with van der Waals surface area (Å²) in [6, 6.07) is 8.54. The number of aryl methyl sites for hydroxylation is 1. The van der Waals surface area contributed by atoms with Gasteiger partial charge in [-0.3, -0.25) is 4.68 Å². The van der Waals surface area contributed by atoms with Crippen LogP contribution in [0.25, 0.3) is 0 Å². The third-order valence-corrected chi connectivity index (χ3v) is 2.92. The van der Waals surface area contributed by atoms with Gasteiger partial charge in [-0.1, -0.05) is 43.2 Å². The van der Waals surface area contributed by atoms with E-state index in [9.17, 15) is 0 Å². The molecule has 0 fully saturated rings. The molecule has 3 heteroatoms. The fourth-order valence-corrected chi connectivity index (χ4v) is 1.94. The van der Waals surface area contributed by atoms with Crippen molar-refractivity contribution in [1.29, 1.82) is 0 Å². The van der Waals surface area contributed by atoms with Crippen LogP contribution in [0, 0.1) is 6.92 Å². The van der Waals surface area contributed by atoms with Crippen LogP contribution in [0.3, 0.4) is 0 Å². The van der Waals surface area contributed by atoms with Crippen LogP contribution in [0.4, 0.5) is 5.69 Å². The highest BCUT2D eigenvalue weighted by Gasteiger charge is 2.07. The number of nitrogens with zero attached hydrogens (tertiary/aromatic N) is 2. The Hall–Kier alpha value is -1.77. The molecule has 0 amide bonds. The quantitative estimate of drug-likeness (QED) is 0.876. The van der Waals surface area contributed by atoms with Crippen LogP contribution < -0.4 is 5.73 Å². The molecule has 0 saturated heterocycles. The second kappa shape index (κ2) is 5.04. The molecule has 2 N–H and O–H groups in total. The molecule has 1 aromatic heterocycles. The minimum atomic E-state index is 0.798. The lowest BCUT2D eigenvalue weighted by Crippen LogP contribution is -2.07. The predicted molar refractivity (Wildman–Crippen MR) is 70.9 cm³/mol. The van der Waals surface area contributed by atoms with E-state index < -0.39 is 0 Å². The van der Waals surface area contributed by atoms with E-state index in [0.717, 1.165) is 30.8 Å². The van der Waals surface area contributed by atoms with Crippen LogP contribution in [-0.2, 0) is 13.0 Å². The molecule has 0 aliphatic carbocycles. The molecular weight excluding hydrogens is 210 g/mol. The van der Waals surface area contributed by atoms with E-state index >= 15 is 0 Å². The van der Waals surface area contributed by atoms with Crippen molar-refractivity contribution in [3.05, 3.63) is 47.3 Å². The number of nitrogens with two attached hydrogens (primary N) is 1. The van der Waals surface area contributed by atoms with Crippen molar-refractivity contribution in [2.45, 2.75) is 33.2 Å². The average molecular weight is 229 g/mol. The molecule has 3 nitrogen and oxygen atoms in total. The van der Waals surface area contributed by atoms with E-state index in [2.05, 4.69) is 43.2 Å². The highest BCUT2D eigenvalue weighted by atomic mass is 15.3. The standard InChI is InChI=1S/C14H19N3/c1-3-4-14-13(15)9-16-17(14)10-12-7-5-11(2)6-8-12/h5-9H,3-4,10,15H2,1-2H3. The minimum absolute atomic E-state index is 0.798. The summed E-state index contributed by atoms with van der Waals surface area (Å²) in [5, 5.41) is 4.34. The molecule has 0 radical (unpaired) electrons. The van der Waals surface area contributed by atoms with E-state index in [0.29, 0.717) is 0 Å². The van der Waals surface area contributed by atoms with Gasteiger partial charge in [-0.05, 0) is 18.9 Å². The molecule has 0 unspecified atom stereocenters.